The molecule has 7 heteroatoms. The van der Waals surface area contributed by atoms with Crippen molar-refractivity contribution in [2.24, 2.45) is 0 Å². The Morgan fingerprint density at radius 3 is 2.24 bits per heavy atom. The molecule has 0 saturated heterocycles. The normalized spacial score (nSPS) is 13.3. The largest absolute Gasteiger partial charge is 0.489 e. The van der Waals surface area contributed by atoms with Crippen LogP contribution in [0, 0.1) is 6.92 Å². The van der Waals surface area contributed by atoms with Crippen LogP contribution in [0.3, 0.4) is 0 Å². The fourth-order valence-electron chi connectivity index (χ4n) is 4.46. The van der Waals surface area contributed by atoms with E-state index in [1.165, 1.54) is 12.1 Å². The molecule has 194 valence electrons. The first-order chi connectivity index (χ1) is 18.4. The second-order valence-electron chi connectivity index (χ2n) is 9.19. The molecule has 0 aliphatic carbocycles. The van der Waals surface area contributed by atoms with Crippen molar-refractivity contribution in [3.05, 3.63) is 132 Å². The Hall–Kier alpha value is -3.91. The van der Waals surface area contributed by atoms with Crippen LogP contribution >= 0.6 is 0 Å². The minimum atomic E-state index is -4.02. The van der Waals surface area contributed by atoms with E-state index < -0.39 is 28.9 Å². The summed E-state index contributed by atoms with van der Waals surface area (Å²) in [6, 6.07) is 33.1. The van der Waals surface area contributed by atoms with E-state index in [0.717, 1.165) is 33.3 Å². The van der Waals surface area contributed by atoms with E-state index in [2.05, 4.69) is 0 Å². The van der Waals surface area contributed by atoms with Gasteiger partial charge < -0.3 is 14.4 Å². The minimum absolute atomic E-state index is 0.0565. The molecule has 1 heterocycles. The van der Waals surface area contributed by atoms with E-state index >= 15 is 0 Å². The van der Waals surface area contributed by atoms with Crippen molar-refractivity contribution in [3.8, 4) is 5.75 Å². The van der Waals surface area contributed by atoms with E-state index in [-0.39, 0.29) is 4.90 Å². The van der Waals surface area contributed by atoms with Crippen LogP contribution in [0.5, 0.6) is 5.75 Å². The van der Waals surface area contributed by atoms with Crippen LogP contribution < -0.4 is 4.74 Å². The second-order valence-corrected chi connectivity index (χ2v) is 10.8. The van der Waals surface area contributed by atoms with Gasteiger partial charge >= 0.3 is 0 Å². The van der Waals surface area contributed by atoms with Crippen LogP contribution in [0.2, 0.25) is 0 Å². The molecule has 0 radical (unpaired) electrons. The van der Waals surface area contributed by atoms with Gasteiger partial charge in [-0.25, -0.2) is 0 Å². The smallest absolute Gasteiger partial charge is 0.297 e. The van der Waals surface area contributed by atoms with Crippen molar-refractivity contribution in [2.75, 3.05) is 6.61 Å². The first-order valence-corrected chi connectivity index (χ1v) is 13.8. The number of aliphatic hydroxyl groups is 1. The van der Waals surface area contributed by atoms with E-state index in [0.29, 0.717) is 6.61 Å². The van der Waals surface area contributed by atoms with Crippen LogP contribution in [0.1, 0.15) is 22.7 Å². The second kappa shape index (κ2) is 11.2. The quantitative estimate of drug-likeness (QED) is 0.229. The van der Waals surface area contributed by atoms with Crippen molar-refractivity contribution < 1.29 is 22.4 Å². The van der Waals surface area contributed by atoms with E-state index in [4.69, 9.17) is 8.92 Å². The van der Waals surface area contributed by atoms with Gasteiger partial charge in [-0.15, -0.1) is 0 Å². The number of aliphatic hydroxyl groups excluding tert-OH is 1. The summed E-state index contributed by atoms with van der Waals surface area (Å²) in [5, 5.41) is 12.2. The lowest BCUT2D eigenvalue weighted by atomic mass is 10.0. The minimum Gasteiger partial charge on any atom is -0.489 e. The van der Waals surface area contributed by atoms with Crippen LogP contribution in [0.25, 0.3) is 10.9 Å². The zero-order chi connectivity index (χ0) is 26.5. The summed E-state index contributed by atoms with van der Waals surface area (Å²) in [5.41, 5.74) is 3.74. The van der Waals surface area contributed by atoms with Gasteiger partial charge in [0.1, 0.15) is 18.5 Å². The molecule has 38 heavy (non-hydrogen) atoms. The maximum Gasteiger partial charge on any atom is 0.297 e. The lowest BCUT2D eigenvalue weighted by Crippen LogP contribution is -2.30. The Kier molecular flexibility index (Phi) is 7.60. The molecule has 5 aromatic rings. The van der Waals surface area contributed by atoms with Gasteiger partial charge in [-0.2, -0.15) is 8.42 Å². The summed E-state index contributed by atoms with van der Waals surface area (Å²) in [6.45, 7) is 1.95. The number of hydrogen-bond donors (Lipinski definition) is 1. The molecule has 2 atom stereocenters. The zero-order valence-electron chi connectivity index (χ0n) is 21.0. The number of benzene rings is 4. The SMILES string of the molecule is Cc1ccc(S(=O)(=O)OC[C@H](O)[C@H](c2ccccc2)n2ccc3cc(OCc4ccccc4)ccc32)cc1. The molecule has 0 aliphatic rings. The molecule has 0 amide bonds. The van der Waals surface area contributed by atoms with Gasteiger partial charge in [0.15, 0.2) is 0 Å². The Balaban J connectivity index is 1.39. The molecule has 0 unspecified atom stereocenters. The monoisotopic (exact) mass is 527 g/mol. The maximum atomic E-state index is 12.8. The molecule has 4 aromatic carbocycles. The van der Waals surface area contributed by atoms with Gasteiger partial charge in [-0.1, -0.05) is 78.4 Å². The van der Waals surface area contributed by atoms with Gasteiger partial charge in [-0.3, -0.25) is 4.18 Å². The molecule has 5 rings (SSSR count). The van der Waals surface area contributed by atoms with Gasteiger partial charge in [-0.05, 0) is 54.4 Å². The van der Waals surface area contributed by atoms with Crippen LogP contribution in [-0.2, 0) is 20.9 Å². The molecule has 0 fully saturated rings. The standard InChI is InChI=1S/C31H29NO5S/c1-23-12-15-28(16-13-23)38(34,35)37-22-30(33)31(25-10-6-3-7-11-25)32-19-18-26-20-27(14-17-29(26)32)36-21-24-8-4-2-5-9-24/h2-20,30-31,33H,21-22H2,1H3/t30-,31-/m0/s1. The summed E-state index contributed by atoms with van der Waals surface area (Å²) in [4.78, 5) is 0.0565. The summed E-state index contributed by atoms with van der Waals surface area (Å²) in [7, 11) is -4.02. The Morgan fingerprint density at radius 2 is 1.53 bits per heavy atom. The van der Waals surface area contributed by atoms with E-state index in [9.17, 15) is 13.5 Å². The third-order valence-corrected chi connectivity index (χ3v) is 7.74. The van der Waals surface area contributed by atoms with E-state index in [1.54, 1.807) is 12.1 Å². The zero-order valence-corrected chi connectivity index (χ0v) is 21.8. The van der Waals surface area contributed by atoms with Gasteiger partial charge in [0.25, 0.3) is 10.1 Å². The first-order valence-electron chi connectivity index (χ1n) is 12.4. The lowest BCUT2D eigenvalue weighted by Gasteiger charge is -2.26. The number of ether oxygens (including phenoxy) is 1. The summed E-state index contributed by atoms with van der Waals surface area (Å²) >= 11 is 0. The highest BCUT2D eigenvalue weighted by molar-refractivity contribution is 7.86. The molecule has 0 aliphatic heterocycles. The fraction of sp³-hybridized carbons (Fsp3) is 0.161. The average molecular weight is 528 g/mol. The Labute approximate surface area is 222 Å². The molecule has 0 spiro atoms. The number of fused-ring (bicyclic) bond motifs is 1. The van der Waals surface area contributed by atoms with Gasteiger partial charge in [0, 0.05) is 17.1 Å². The Bertz CT molecular complexity index is 1600. The highest BCUT2D eigenvalue weighted by Gasteiger charge is 2.27. The molecular weight excluding hydrogens is 498 g/mol. The third kappa shape index (κ3) is 5.81. The van der Waals surface area contributed by atoms with Crippen molar-refractivity contribution >= 4 is 21.0 Å². The fourth-order valence-corrected chi connectivity index (χ4v) is 5.38. The number of aromatic nitrogens is 1. The van der Waals surface area contributed by atoms with Crippen LogP contribution in [-0.4, -0.2) is 30.8 Å². The van der Waals surface area contributed by atoms with Crippen molar-refractivity contribution in [1.29, 1.82) is 0 Å². The maximum absolute atomic E-state index is 12.8. The van der Waals surface area contributed by atoms with Crippen LogP contribution in [0.15, 0.2) is 120 Å². The molecule has 1 N–H and O–H groups in total. The molecule has 1 aromatic heterocycles. The highest BCUT2D eigenvalue weighted by atomic mass is 32.2. The number of aryl methyl sites for hydroxylation is 1. The third-order valence-electron chi connectivity index (χ3n) is 6.45. The topological polar surface area (TPSA) is 77.8 Å². The molecular formula is C31H29NO5S. The van der Waals surface area contributed by atoms with Gasteiger partial charge in [0.05, 0.1) is 17.5 Å². The molecule has 0 bridgehead atoms. The summed E-state index contributed by atoms with van der Waals surface area (Å²) in [6.07, 6.45) is 0.753. The number of nitrogens with zero attached hydrogens (tertiary/aromatic N) is 1. The highest BCUT2D eigenvalue weighted by Crippen LogP contribution is 2.31. The van der Waals surface area contributed by atoms with Crippen molar-refractivity contribution in [1.82, 2.24) is 4.57 Å². The first kappa shape index (κ1) is 25.7. The molecule has 6 nitrogen and oxygen atoms in total. The summed E-state index contributed by atoms with van der Waals surface area (Å²) < 4.78 is 38.7. The van der Waals surface area contributed by atoms with Crippen molar-refractivity contribution in [2.45, 2.75) is 30.6 Å². The van der Waals surface area contributed by atoms with Crippen LogP contribution in [0.4, 0.5) is 0 Å². The number of hydrogen-bond acceptors (Lipinski definition) is 5. The van der Waals surface area contributed by atoms with E-state index in [1.807, 2.05) is 103 Å². The predicted octanol–water partition coefficient (Wildman–Crippen LogP) is 5.88. The lowest BCUT2D eigenvalue weighted by molar-refractivity contribution is 0.0785. The number of rotatable bonds is 10. The Morgan fingerprint density at radius 1 is 0.842 bits per heavy atom. The van der Waals surface area contributed by atoms with Crippen molar-refractivity contribution in [3.63, 3.8) is 0 Å². The summed E-state index contributed by atoms with van der Waals surface area (Å²) in [5.74, 6) is 0.739. The predicted molar refractivity (Wildman–Crippen MR) is 148 cm³/mol. The molecule has 0 saturated carbocycles. The van der Waals surface area contributed by atoms with Gasteiger partial charge in [0.2, 0.25) is 0 Å². The average Bonchev–Trinajstić information content (AvgIpc) is 3.35.